The molecule has 34 heavy (non-hydrogen) atoms. The van der Waals surface area contributed by atoms with E-state index in [4.69, 9.17) is 20.8 Å². The zero-order chi connectivity index (χ0) is 24.1. The van der Waals surface area contributed by atoms with Gasteiger partial charge in [-0.2, -0.15) is 0 Å². The van der Waals surface area contributed by atoms with E-state index < -0.39 is 5.91 Å². The van der Waals surface area contributed by atoms with Crippen molar-refractivity contribution in [1.29, 1.82) is 0 Å². The van der Waals surface area contributed by atoms with Crippen LogP contribution in [-0.4, -0.2) is 17.5 Å². The summed E-state index contributed by atoms with van der Waals surface area (Å²) in [6.45, 7) is 1.60. The molecule has 1 N–H and O–H groups in total. The van der Waals surface area contributed by atoms with Crippen LogP contribution < -0.4 is 10.1 Å². The molecule has 4 rings (SSSR count). The number of hydrogen-bond donors (Lipinski definition) is 1. The average molecular weight is 474 g/mol. The summed E-state index contributed by atoms with van der Waals surface area (Å²) in [5.41, 5.74) is 1.67. The summed E-state index contributed by atoms with van der Waals surface area (Å²) in [4.78, 5) is 37.1. The molecule has 0 aliphatic rings. The molecule has 1 aromatic heterocycles. The number of carbonyl (C=O) groups excluding carboxylic acids is 3. The molecule has 0 fully saturated rings. The number of nitrogens with one attached hydrogen (secondary N) is 1. The third kappa shape index (κ3) is 5.42. The van der Waals surface area contributed by atoms with E-state index in [1.54, 1.807) is 66.7 Å². The van der Waals surface area contributed by atoms with Crippen molar-refractivity contribution in [3.05, 3.63) is 118 Å². The van der Waals surface area contributed by atoms with Crippen molar-refractivity contribution in [3.8, 4) is 5.75 Å². The third-order valence-corrected chi connectivity index (χ3v) is 5.27. The van der Waals surface area contributed by atoms with Crippen molar-refractivity contribution in [2.75, 3.05) is 5.32 Å². The second-order valence-electron chi connectivity index (χ2n) is 7.47. The molecule has 1 heterocycles. The van der Waals surface area contributed by atoms with E-state index in [0.29, 0.717) is 33.3 Å². The first-order valence-corrected chi connectivity index (χ1v) is 10.8. The van der Waals surface area contributed by atoms with E-state index in [1.807, 2.05) is 6.07 Å². The largest absolute Gasteiger partial charge is 0.486 e. The Hall–Kier alpha value is -4.16. The summed E-state index contributed by atoms with van der Waals surface area (Å²) in [5, 5.41) is 3.10. The number of halogens is 1. The number of ether oxygens (including phenoxy) is 1. The predicted octanol–water partition coefficient (Wildman–Crippen LogP) is 6.20. The van der Waals surface area contributed by atoms with E-state index in [0.717, 1.165) is 0 Å². The normalized spacial score (nSPS) is 10.5. The number of hydrogen-bond acceptors (Lipinski definition) is 5. The number of amides is 1. The van der Waals surface area contributed by atoms with E-state index in [-0.39, 0.29) is 29.5 Å². The molecule has 6 nitrogen and oxygen atoms in total. The second-order valence-corrected chi connectivity index (χ2v) is 7.91. The minimum Gasteiger partial charge on any atom is -0.486 e. The number of anilines is 1. The van der Waals surface area contributed by atoms with Gasteiger partial charge >= 0.3 is 0 Å². The van der Waals surface area contributed by atoms with Crippen molar-refractivity contribution in [3.63, 3.8) is 0 Å². The highest BCUT2D eigenvalue weighted by molar-refractivity contribution is 6.31. The lowest BCUT2D eigenvalue weighted by Crippen LogP contribution is -2.14. The highest BCUT2D eigenvalue weighted by atomic mass is 35.5. The van der Waals surface area contributed by atoms with Crippen LogP contribution >= 0.6 is 11.6 Å². The smallest absolute Gasteiger partial charge is 0.291 e. The lowest BCUT2D eigenvalue weighted by Gasteiger charge is -2.10. The fraction of sp³-hybridized carbons (Fsp3) is 0.0741. The van der Waals surface area contributed by atoms with Crippen LogP contribution in [0.2, 0.25) is 5.02 Å². The molecule has 4 aromatic rings. The Labute approximate surface area is 201 Å². The number of rotatable bonds is 8. The van der Waals surface area contributed by atoms with E-state index >= 15 is 0 Å². The van der Waals surface area contributed by atoms with Crippen molar-refractivity contribution >= 4 is 34.8 Å². The molecule has 3 aromatic carbocycles. The Balaban J connectivity index is 1.45. The second kappa shape index (κ2) is 10.2. The van der Waals surface area contributed by atoms with Gasteiger partial charge < -0.3 is 14.5 Å². The van der Waals surface area contributed by atoms with Crippen molar-refractivity contribution in [2.45, 2.75) is 13.5 Å². The zero-order valence-electron chi connectivity index (χ0n) is 18.2. The maximum absolute atomic E-state index is 13.0. The number of carbonyl (C=O) groups is 3. The van der Waals surface area contributed by atoms with Crippen LogP contribution in [-0.2, 0) is 6.61 Å². The quantitative estimate of drug-likeness (QED) is 0.308. The molecule has 0 bridgehead atoms. The molecule has 0 saturated carbocycles. The molecule has 0 unspecified atom stereocenters. The molecule has 0 radical (unpaired) electrons. The van der Waals surface area contributed by atoms with E-state index in [1.165, 1.54) is 19.1 Å². The predicted molar refractivity (Wildman–Crippen MR) is 129 cm³/mol. The molecule has 1 amide bonds. The topological polar surface area (TPSA) is 85.6 Å². The Bertz CT molecular complexity index is 1340. The first-order valence-electron chi connectivity index (χ1n) is 10.4. The van der Waals surface area contributed by atoms with E-state index in [2.05, 4.69) is 5.32 Å². The van der Waals surface area contributed by atoms with Gasteiger partial charge in [0.25, 0.3) is 5.91 Å². The molecule has 0 atom stereocenters. The van der Waals surface area contributed by atoms with Gasteiger partial charge in [-0.05, 0) is 61.5 Å². The minimum atomic E-state index is -0.513. The number of Topliss-reactive ketones (excluding diaryl/α,β-unsaturated/α-hetero) is 1. The molecule has 7 heteroatoms. The SMILES string of the molecule is CC(=O)c1ccc(OCc2ccc(C(=O)Nc3ccc(Cl)cc3C(=O)c3ccccc3)o2)cc1. The maximum atomic E-state index is 13.0. The van der Waals surface area contributed by atoms with Crippen LogP contribution in [0.3, 0.4) is 0 Å². The fourth-order valence-corrected chi connectivity index (χ4v) is 3.43. The van der Waals surface area contributed by atoms with Gasteiger partial charge in [-0.25, -0.2) is 0 Å². The van der Waals surface area contributed by atoms with Gasteiger partial charge in [0.05, 0.1) is 5.69 Å². The molecular formula is C27H20ClNO5. The summed E-state index contributed by atoms with van der Waals surface area (Å²) >= 11 is 6.10. The fourth-order valence-electron chi connectivity index (χ4n) is 3.26. The van der Waals surface area contributed by atoms with Gasteiger partial charge in [0.2, 0.25) is 0 Å². The molecule has 0 spiro atoms. The molecule has 0 aliphatic carbocycles. The molecule has 170 valence electrons. The van der Waals surface area contributed by atoms with Gasteiger partial charge in [-0.3, -0.25) is 14.4 Å². The third-order valence-electron chi connectivity index (χ3n) is 5.04. The standard InChI is InChI=1S/C27H20ClNO5/c1-17(30)18-7-10-21(11-8-18)33-16-22-12-14-25(34-22)27(32)29-24-13-9-20(28)15-23(24)26(31)19-5-3-2-4-6-19/h2-15H,16H2,1H3,(H,29,32). The van der Waals surface area contributed by atoms with Gasteiger partial charge in [0.1, 0.15) is 18.1 Å². The van der Waals surface area contributed by atoms with Crippen LogP contribution in [0.25, 0.3) is 0 Å². The van der Waals surface area contributed by atoms with E-state index in [9.17, 15) is 14.4 Å². The summed E-state index contributed by atoms with van der Waals surface area (Å²) in [6, 6.07) is 23.3. The lowest BCUT2D eigenvalue weighted by molar-refractivity contribution is 0.0990. The lowest BCUT2D eigenvalue weighted by atomic mass is 10.0. The van der Waals surface area contributed by atoms with Gasteiger partial charge in [0, 0.05) is 21.7 Å². The van der Waals surface area contributed by atoms with Crippen LogP contribution in [0, 0.1) is 0 Å². The van der Waals surface area contributed by atoms with Crippen LogP contribution in [0.5, 0.6) is 5.75 Å². The van der Waals surface area contributed by atoms with Crippen molar-refractivity contribution in [2.24, 2.45) is 0 Å². The van der Waals surface area contributed by atoms with Crippen LogP contribution in [0.4, 0.5) is 5.69 Å². The summed E-state index contributed by atoms with van der Waals surface area (Å²) < 4.78 is 11.3. The Morgan fingerprint density at radius 3 is 2.32 bits per heavy atom. The molecule has 0 saturated heterocycles. The summed E-state index contributed by atoms with van der Waals surface area (Å²) in [5.74, 6) is 0.278. The highest BCUT2D eigenvalue weighted by Crippen LogP contribution is 2.25. The Kier molecular flexibility index (Phi) is 6.90. The minimum absolute atomic E-state index is 0.0254. The summed E-state index contributed by atoms with van der Waals surface area (Å²) in [7, 11) is 0. The van der Waals surface area contributed by atoms with Gasteiger partial charge in [0.15, 0.2) is 17.3 Å². The first kappa shape index (κ1) is 23.0. The van der Waals surface area contributed by atoms with Gasteiger partial charge in [-0.1, -0.05) is 41.9 Å². The van der Waals surface area contributed by atoms with Crippen LogP contribution in [0.15, 0.2) is 89.3 Å². The number of furan rings is 1. The van der Waals surface area contributed by atoms with Gasteiger partial charge in [-0.15, -0.1) is 0 Å². The molecule has 0 aliphatic heterocycles. The highest BCUT2D eigenvalue weighted by Gasteiger charge is 2.18. The monoisotopic (exact) mass is 473 g/mol. The van der Waals surface area contributed by atoms with Crippen LogP contribution in [0.1, 0.15) is 49.5 Å². The number of benzene rings is 3. The Morgan fingerprint density at radius 1 is 0.882 bits per heavy atom. The van der Waals surface area contributed by atoms with Crippen molar-refractivity contribution in [1.82, 2.24) is 0 Å². The summed E-state index contributed by atoms with van der Waals surface area (Å²) in [6.07, 6.45) is 0. The molecular weight excluding hydrogens is 454 g/mol. The zero-order valence-corrected chi connectivity index (χ0v) is 19.0. The number of ketones is 2. The van der Waals surface area contributed by atoms with Crippen molar-refractivity contribution < 1.29 is 23.5 Å². The Morgan fingerprint density at radius 2 is 1.62 bits per heavy atom. The average Bonchev–Trinajstić information content (AvgIpc) is 3.33. The maximum Gasteiger partial charge on any atom is 0.291 e. The first-order chi connectivity index (χ1) is 16.4.